The molecule has 0 aliphatic heterocycles. The number of aromatic nitrogens is 1. The van der Waals surface area contributed by atoms with Crippen molar-refractivity contribution >= 4 is 0 Å². The predicted octanol–water partition coefficient (Wildman–Crippen LogP) is 1.34. The van der Waals surface area contributed by atoms with Crippen LogP contribution in [0.3, 0.4) is 0 Å². The van der Waals surface area contributed by atoms with Crippen molar-refractivity contribution in [2.45, 2.75) is 32.2 Å². The largest absolute Gasteiger partial charge is 0.364 e. The minimum absolute atomic E-state index is 0.648. The molecule has 72 valence electrons. The molecule has 0 amide bonds. The topological polar surface area (TPSA) is 26.2 Å². The van der Waals surface area contributed by atoms with Gasteiger partial charge in [0.15, 0.2) is 0 Å². The molecule has 1 heterocycles. The molecule has 0 radical (unpaired) electrons. The highest BCUT2D eigenvalue weighted by Crippen LogP contribution is 2.19. The van der Waals surface area contributed by atoms with Gasteiger partial charge < -0.3 is 14.6 Å². The minimum Gasteiger partial charge on any atom is -0.364 e. The van der Waals surface area contributed by atoms with Crippen LogP contribution in [0, 0.1) is 0 Å². The lowest BCUT2D eigenvalue weighted by atomic mass is 10.4. The molecule has 13 heavy (non-hydrogen) atoms. The second kappa shape index (κ2) is 3.94. The van der Waals surface area contributed by atoms with Crippen molar-refractivity contribution in [3.8, 4) is 0 Å². The van der Waals surface area contributed by atoms with Crippen molar-refractivity contribution in [1.82, 2.24) is 9.88 Å². The summed E-state index contributed by atoms with van der Waals surface area (Å²) in [5.41, 5.74) is 1.30. The molecule has 2 rings (SSSR count). The molecule has 0 aromatic carbocycles. The summed E-state index contributed by atoms with van der Waals surface area (Å²) in [6.45, 7) is 1.61. The highest BCUT2D eigenvalue weighted by Gasteiger charge is 2.20. The lowest BCUT2D eigenvalue weighted by molar-refractivity contribution is 0.129. The Hall–Kier alpha value is -0.800. The first-order chi connectivity index (χ1) is 6.40. The zero-order valence-corrected chi connectivity index (χ0v) is 7.99. The van der Waals surface area contributed by atoms with E-state index in [1.54, 1.807) is 7.11 Å². The molecule has 1 saturated carbocycles. The third-order valence-electron chi connectivity index (χ3n) is 2.34. The number of rotatable bonds is 5. The third kappa shape index (κ3) is 2.32. The van der Waals surface area contributed by atoms with Gasteiger partial charge >= 0.3 is 0 Å². The van der Waals surface area contributed by atoms with E-state index in [9.17, 15) is 0 Å². The molecule has 1 N–H and O–H groups in total. The van der Waals surface area contributed by atoms with Gasteiger partial charge in [-0.05, 0) is 25.0 Å². The van der Waals surface area contributed by atoms with Gasteiger partial charge in [-0.25, -0.2) is 0 Å². The summed E-state index contributed by atoms with van der Waals surface area (Å²) in [5.74, 6) is 0. The number of hydrogen-bond donors (Lipinski definition) is 1. The number of methoxy groups -OCH3 is 1. The van der Waals surface area contributed by atoms with Gasteiger partial charge in [0.25, 0.3) is 0 Å². The molecule has 0 spiro atoms. The number of nitrogens with zero attached hydrogens (tertiary/aromatic N) is 1. The monoisotopic (exact) mass is 180 g/mol. The van der Waals surface area contributed by atoms with E-state index < -0.39 is 0 Å². The van der Waals surface area contributed by atoms with Crippen LogP contribution < -0.4 is 5.32 Å². The third-order valence-corrected chi connectivity index (χ3v) is 2.34. The fourth-order valence-corrected chi connectivity index (χ4v) is 1.41. The van der Waals surface area contributed by atoms with Crippen LogP contribution >= 0.6 is 0 Å². The zero-order chi connectivity index (χ0) is 9.10. The SMILES string of the molecule is COCn1cccc1CNC1CC1. The summed E-state index contributed by atoms with van der Waals surface area (Å²) in [5, 5.41) is 3.48. The van der Waals surface area contributed by atoms with E-state index in [1.165, 1.54) is 18.5 Å². The number of nitrogens with one attached hydrogen (secondary N) is 1. The van der Waals surface area contributed by atoms with Crippen LogP contribution in [0.1, 0.15) is 18.5 Å². The molecule has 3 nitrogen and oxygen atoms in total. The first-order valence-corrected chi connectivity index (χ1v) is 4.76. The molecule has 0 bridgehead atoms. The molecule has 0 saturated heterocycles. The fraction of sp³-hybridized carbons (Fsp3) is 0.600. The first kappa shape index (κ1) is 8.78. The molecule has 1 aromatic rings. The fourth-order valence-electron chi connectivity index (χ4n) is 1.41. The summed E-state index contributed by atoms with van der Waals surface area (Å²) >= 11 is 0. The van der Waals surface area contributed by atoms with Gasteiger partial charge in [0, 0.05) is 31.6 Å². The quantitative estimate of drug-likeness (QED) is 0.740. The summed E-state index contributed by atoms with van der Waals surface area (Å²) in [7, 11) is 1.72. The Morgan fingerprint density at radius 1 is 1.62 bits per heavy atom. The van der Waals surface area contributed by atoms with E-state index in [2.05, 4.69) is 22.0 Å². The van der Waals surface area contributed by atoms with Crippen LogP contribution in [0.25, 0.3) is 0 Å². The van der Waals surface area contributed by atoms with Gasteiger partial charge in [0.2, 0.25) is 0 Å². The van der Waals surface area contributed by atoms with Crippen LogP contribution in [0.15, 0.2) is 18.3 Å². The maximum atomic E-state index is 5.08. The van der Waals surface area contributed by atoms with Crippen molar-refractivity contribution in [3.63, 3.8) is 0 Å². The summed E-state index contributed by atoms with van der Waals surface area (Å²) in [6, 6.07) is 4.96. The van der Waals surface area contributed by atoms with Crippen LogP contribution in [0.5, 0.6) is 0 Å². The standard InChI is InChI=1S/C10H16N2O/c1-13-8-12-6-2-3-10(12)7-11-9-4-5-9/h2-3,6,9,11H,4-5,7-8H2,1H3. The lowest BCUT2D eigenvalue weighted by Gasteiger charge is -2.08. The molecular formula is C10H16N2O. The maximum absolute atomic E-state index is 5.08. The average molecular weight is 180 g/mol. The zero-order valence-electron chi connectivity index (χ0n) is 7.99. The average Bonchev–Trinajstić information content (AvgIpc) is 2.86. The maximum Gasteiger partial charge on any atom is 0.122 e. The number of hydrogen-bond acceptors (Lipinski definition) is 2. The van der Waals surface area contributed by atoms with E-state index in [-0.39, 0.29) is 0 Å². The minimum atomic E-state index is 0.648. The van der Waals surface area contributed by atoms with E-state index in [4.69, 9.17) is 4.74 Å². The lowest BCUT2D eigenvalue weighted by Crippen LogP contribution is -2.18. The highest BCUT2D eigenvalue weighted by atomic mass is 16.5. The summed E-state index contributed by atoms with van der Waals surface area (Å²) in [4.78, 5) is 0. The van der Waals surface area contributed by atoms with Gasteiger partial charge in [-0.1, -0.05) is 0 Å². The van der Waals surface area contributed by atoms with Crippen molar-refractivity contribution in [1.29, 1.82) is 0 Å². The first-order valence-electron chi connectivity index (χ1n) is 4.76. The molecule has 1 aliphatic carbocycles. The van der Waals surface area contributed by atoms with Crippen LogP contribution in [-0.4, -0.2) is 17.7 Å². The van der Waals surface area contributed by atoms with Crippen LogP contribution in [-0.2, 0) is 18.0 Å². The van der Waals surface area contributed by atoms with Gasteiger partial charge in [-0.3, -0.25) is 0 Å². The van der Waals surface area contributed by atoms with Crippen molar-refractivity contribution < 1.29 is 4.74 Å². The van der Waals surface area contributed by atoms with Gasteiger partial charge in [0.1, 0.15) is 6.73 Å². The molecule has 1 aromatic heterocycles. The summed E-state index contributed by atoms with van der Waals surface area (Å²) in [6.07, 6.45) is 4.73. The van der Waals surface area contributed by atoms with E-state index in [0.29, 0.717) is 6.73 Å². The molecule has 3 heteroatoms. The van der Waals surface area contributed by atoms with Crippen LogP contribution in [0.2, 0.25) is 0 Å². The normalized spacial score (nSPS) is 16.4. The second-order valence-electron chi connectivity index (χ2n) is 3.54. The Kier molecular flexibility index (Phi) is 2.66. The van der Waals surface area contributed by atoms with E-state index >= 15 is 0 Å². The van der Waals surface area contributed by atoms with Crippen molar-refractivity contribution in [2.75, 3.05) is 7.11 Å². The smallest absolute Gasteiger partial charge is 0.122 e. The highest BCUT2D eigenvalue weighted by molar-refractivity contribution is 5.07. The molecule has 0 atom stereocenters. The Bertz CT molecular complexity index is 266. The predicted molar refractivity (Wildman–Crippen MR) is 51.3 cm³/mol. The van der Waals surface area contributed by atoms with Gasteiger partial charge in [-0.2, -0.15) is 0 Å². The molecule has 1 aliphatic rings. The Balaban J connectivity index is 1.88. The van der Waals surface area contributed by atoms with Crippen LogP contribution in [0.4, 0.5) is 0 Å². The van der Waals surface area contributed by atoms with Crippen molar-refractivity contribution in [3.05, 3.63) is 24.0 Å². The van der Waals surface area contributed by atoms with Gasteiger partial charge in [-0.15, -0.1) is 0 Å². The van der Waals surface area contributed by atoms with Crippen molar-refractivity contribution in [2.24, 2.45) is 0 Å². The number of ether oxygens (including phenoxy) is 1. The van der Waals surface area contributed by atoms with E-state index in [0.717, 1.165) is 12.6 Å². The Morgan fingerprint density at radius 2 is 2.46 bits per heavy atom. The van der Waals surface area contributed by atoms with Gasteiger partial charge in [0.05, 0.1) is 0 Å². The molecule has 1 fully saturated rings. The second-order valence-corrected chi connectivity index (χ2v) is 3.54. The Morgan fingerprint density at radius 3 is 3.15 bits per heavy atom. The Labute approximate surface area is 78.7 Å². The molecule has 0 unspecified atom stereocenters. The molecular weight excluding hydrogens is 164 g/mol. The summed E-state index contributed by atoms with van der Waals surface area (Å²) < 4.78 is 7.20. The van der Waals surface area contributed by atoms with E-state index in [1.807, 2.05) is 6.20 Å².